The summed E-state index contributed by atoms with van der Waals surface area (Å²) >= 11 is 3.51. The van der Waals surface area contributed by atoms with E-state index in [9.17, 15) is 4.79 Å². The van der Waals surface area contributed by atoms with Gasteiger partial charge in [0.1, 0.15) is 0 Å². The van der Waals surface area contributed by atoms with E-state index in [1.54, 1.807) is 6.07 Å². The molecule has 15 heavy (non-hydrogen) atoms. The molecule has 0 aliphatic rings. The Labute approximate surface area is 97.6 Å². The standard InChI is InChI=1S/C10H14BrN3O/c1-2-9(11)4-5-12-10(15)8-3-6-13-14-7-8/h3,6-7,9H,2,4-5H2,1H3,(H,12,15). The number of amides is 1. The number of alkyl halides is 1. The Balaban J connectivity index is 2.31. The van der Waals surface area contributed by atoms with Crippen LogP contribution in [0.2, 0.25) is 0 Å². The van der Waals surface area contributed by atoms with Gasteiger partial charge in [0, 0.05) is 11.4 Å². The van der Waals surface area contributed by atoms with Crippen LogP contribution in [0.15, 0.2) is 18.5 Å². The summed E-state index contributed by atoms with van der Waals surface area (Å²) in [5, 5.41) is 10.1. The van der Waals surface area contributed by atoms with E-state index >= 15 is 0 Å². The lowest BCUT2D eigenvalue weighted by atomic mass is 10.2. The molecule has 1 amide bonds. The van der Waals surface area contributed by atoms with E-state index in [-0.39, 0.29) is 5.91 Å². The van der Waals surface area contributed by atoms with Crippen molar-refractivity contribution in [1.82, 2.24) is 15.5 Å². The second-order valence-electron chi connectivity index (χ2n) is 3.18. The van der Waals surface area contributed by atoms with Gasteiger partial charge >= 0.3 is 0 Å². The van der Waals surface area contributed by atoms with E-state index in [1.165, 1.54) is 12.4 Å². The molecule has 1 atom stereocenters. The monoisotopic (exact) mass is 271 g/mol. The minimum Gasteiger partial charge on any atom is -0.352 e. The average Bonchev–Trinajstić information content (AvgIpc) is 2.29. The molecule has 0 saturated carbocycles. The molecule has 0 aromatic carbocycles. The number of carbonyl (C=O) groups is 1. The van der Waals surface area contributed by atoms with Crippen LogP contribution in [-0.2, 0) is 0 Å². The van der Waals surface area contributed by atoms with Crippen molar-refractivity contribution in [2.75, 3.05) is 6.54 Å². The summed E-state index contributed by atoms with van der Waals surface area (Å²) in [5.74, 6) is -0.0966. The largest absolute Gasteiger partial charge is 0.352 e. The fraction of sp³-hybridized carbons (Fsp3) is 0.500. The summed E-state index contributed by atoms with van der Waals surface area (Å²) < 4.78 is 0. The van der Waals surface area contributed by atoms with Crippen LogP contribution in [0, 0.1) is 0 Å². The van der Waals surface area contributed by atoms with Crippen molar-refractivity contribution in [2.45, 2.75) is 24.6 Å². The molecule has 0 spiro atoms. The minimum atomic E-state index is -0.0966. The number of nitrogens with one attached hydrogen (secondary N) is 1. The van der Waals surface area contributed by atoms with Crippen molar-refractivity contribution < 1.29 is 4.79 Å². The second-order valence-corrected chi connectivity index (χ2v) is 4.48. The molecule has 0 aliphatic carbocycles. The van der Waals surface area contributed by atoms with Gasteiger partial charge < -0.3 is 5.32 Å². The van der Waals surface area contributed by atoms with Gasteiger partial charge in [0.05, 0.1) is 18.0 Å². The van der Waals surface area contributed by atoms with E-state index in [0.29, 0.717) is 16.9 Å². The van der Waals surface area contributed by atoms with E-state index in [0.717, 1.165) is 12.8 Å². The highest BCUT2D eigenvalue weighted by atomic mass is 79.9. The molecule has 1 rings (SSSR count). The van der Waals surface area contributed by atoms with Crippen molar-refractivity contribution >= 4 is 21.8 Å². The molecule has 5 heteroatoms. The summed E-state index contributed by atoms with van der Waals surface area (Å²) in [4.78, 5) is 12.0. The molecule has 0 fully saturated rings. The molecule has 82 valence electrons. The van der Waals surface area contributed by atoms with Gasteiger partial charge in [0.15, 0.2) is 0 Å². The molecule has 1 unspecified atom stereocenters. The van der Waals surface area contributed by atoms with Crippen LogP contribution in [0.25, 0.3) is 0 Å². The fourth-order valence-electron chi connectivity index (χ4n) is 1.07. The van der Waals surface area contributed by atoms with Crippen molar-refractivity contribution in [3.63, 3.8) is 0 Å². The maximum atomic E-state index is 11.5. The zero-order valence-corrected chi connectivity index (χ0v) is 10.2. The molecular weight excluding hydrogens is 258 g/mol. The van der Waals surface area contributed by atoms with Crippen LogP contribution >= 0.6 is 15.9 Å². The fourth-order valence-corrected chi connectivity index (χ4v) is 1.30. The lowest BCUT2D eigenvalue weighted by molar-refractivity contribution is 0.0952. The Morgan fingerprint density at radius 1 is 1.60 bits per heavy atom. The van der Waals surface area contributed by atoms with Crippen molar-refractivity contribution in [1.29, 1.82) is 0 Å². The quantitative estimate of drug-likeness (QED) is 0.831. The third kappa shape index (κ3) is 4.38. The lowest BCUT2D eigenvalue weighted by Crippen LogP contribution is -2.26. The first-order valence-electron chi connectivity index (χ1n) is 4.93. The second kappa shape index (κ2) is 6.50. The van der Waals surface area contributed by atoms with Gasteiger partial charge in [-0.05, 0) is 18.9 Å². The Hall–Kier alpha value is -0.970. The van der Waals surface area contributed by atoms with E-state index in [4.69, 9.17) is 0 Å². The van der Waals surface area contributed by atoms with Crippen molar-refractivity contribution in [3.8, 4) is 0 Å². The smallest absolute Gasteiger partial charge is 0.252 e. The maximum Gasteiger partial charge on any atom is 0.252 e. The number of carbonyl (C=O) groups excluding carboxylic acids is 1. The highest BCUT2D eigenvalue weighted by molar-refractivity contribution is 9.09. The predicted molar refractivity (Wildman–Crippen MR) is 62.0 cm³/mol. The first-order valence-corrected chi connectivity index (χ1v) is 5.84. The highest BCUT2D eigenvalue weighted by Crippen LogP contribution is 2.07. The summed E-state index contributed by atoms with van der Waals surface area (Å²) in [6, 6.07) is 1.65. The Bertz CT molecular complexity index is 305. The average molecular weight is 272 g/mol. The predicted octanol–water partition coefficient (Wildman–Crippen LogP) is 1.77. The van der Waals surface area contributed by atoms with Crippen LogP contribution in [0.1, 0.15) is 30.1 Å². The molecule has 0 radical (unpaired) electrons. The molecule has 0 saturated heterocycles. The van der Waals surface area contributed by atoms with E-state index in [2.05, 4.69) is 38.4 Å². The summed E-state index contributed by atoms with van der Waals surface area (Å²) in [6.45, 7) is 2.78. The minimum absolute atomic E-state index is 0.0966. The first kappa shape index (κ1) is 12.1. The van der Waals surface area contributed by atoms with Gasteiger partial charge in [-0.15, -0.1) is 0 Å². The molecule has 0 aliphatic heterocycles. The van der Waals surface area contributed by atoms with Crippen LogP contribution in [0.3, 0.4) is 0 Å². The SMILES string of the molecule is CCC(Br)CCNC(=O)c1ccnnc1. The van der Waals surface area contributed by atoms with Gasteiger partial charge in [0.25, 0.3) is 5.91 Å². The Kier molecular flexibility index (Phi) is 5.25. The van der Waals surface area contributed by atoms with E-state index < -0.39 is 0 Å². The summed E-state index contributed by atoms with van der Waals surface area (Å²) in [6.07, 6.45) is 4.96. The molecule has 4 nitrogen and oxygen atoms in total. The van der Waals surface area contributed by atoms with Crippen molar-refractivity contribution in [3.05, 3.63) is 24.0 Å². The number of hydrogen-bond acceptors (Lipinski definition) is 3. The van der Waals surface area contributed by atoms with Crippen LogP contribution in [-0.4, -0.2) is 27.5 Å². The summed E-state index contributed by atoms with van der Waals surface area (Å²) in [5.41, 5.74) is 0.549. The van der Waals surface area contributed by atoms with Gasteiger partial charge in [-0.1, -0.05) is 22.9 Å². The molecule has 1 aromatic rings. The van der Waals surface area contributed by atoms with Gasteiger partial charge in [-0.25, -0.2) is 0 Å². The zero-order valence-electron chi connectivity index (χ0n) is 8.61. The lowest BCUT2D eigenvalue weighted by Gasteiger charge is -2.07. The highest BCUT2D eigenvalue weighted by Gasteiger charge is 2.05. The molecular formula is C10H14BrN3O. The topological polar surface area (TPSA) is 54.9 Å². The third-order valence-electron chi connectivity index (χ3n) is 2.03. The third-order valence-corrected chi connectivity index (χ3v) is 3.14. The number of aromatic nitrogens is 2. The van der Waals surface area contributed by atoms with Gasteiger partial charge in [0.2, 0.25) is 0 Å². The normalized spacial score (nSPS) is 12.1. The van der Waals surface area contributed by atoms with Crippen LogP contribution < -0.4 is 5.32 Å². The molecule has 0 bridgehead atoms. The van der Waals surface area contributed by atoms with E-state index in [1.807, 2.05) is 0 Å². The molecule has 1 heterocycles. The number of nitrogens with zero attached hydrogens (tertiary/aromatic N) is 2. The van der Waals surface area contributed by atoms with Gasteiger partial charge in [-0.2, -0.15) is 10.2 Å². The Morgan fingerprint density at radius 3 is 3.00 bits per heavy atom. The van der Waals surface area contributed by atoms with Gasteiger partial charge in [-0.3, -0.25) is 4.79 Å². The first-order chi connectivity index (χ1) is 7.24. The zero-order chi connectivity index (χ0) is 11.1. The summed E-state index contributed by atoms with van der Waals surface area (Å²) in [7, 11) is 0. The maximum absolute atomic E-state index is 11.5. The Morgan fingerprint density at radius 2 is 2.40 bits per heavy atom. The van der Waals surface area contributed by atoms with Crippen molar-refractivity contribution in [2.24, 2.45) is 0 Å². The number of halogens is 1. The molecule has 1 aromatic heterocycles. The molecule has 1 N–H and O–H groups in total. The number of hydrogen-bond donors (Lipinski definition) is 1. The number of rotatable bonds is 5. The van der Waals surface area contributed by atoms with Crippen LogP contribution in [0.5, 0.6) is 0 Å². The van der Waals surface area contributed by atoms with Crippen LogP contribution in [0.4, 0.5) is 0 Å².